The number of nitrogens with one attached hydrogen (secondary N) is 1. The van der Waals surface area contributed by atoms with Crippen LogP contribution >= 0.6 is 11.3 Å². The zero-order valence-electron chi connectivity index (χ0n) is 15.0. The van der Waals surface area contributed by atoms with Crippen molar-refractivity contribution in [3.05, 3.63) is 95.9 Å². The second-order valence-corrected chi connectivity index (χ2v) is 7.36. The van der Waals surface area contributed by atoms with Gasteiger partial charge in [0.15, 0.2) is 0 Å². The Kier molecular flexibility index (Phi) is 4.31. The first kappa shape index (κ1) is 16.7. The summed E-state index contributed by atoms with van der Waals surface area (Å²) in [6.07, 6.45) is 1.87. The Morgan fingerprint density at radius 1 is 0.786 bits per heavy atom. The molecule has 0 atom stereocenters. The molecule has 5 rings (SSSR count). The molecule has 0 radical (unpaired) electrons. The predicted octanol–water partition coefficient (Wildman–Crippen LogP) is 6.56. The van der Waals surface area contributed by atoms with Gasteiger partial charge in [-0.3, -0.25) is 5.43 Å². The molecule has 0 bridgehead atoms. The van der Waals surface area contributed by atoms with Crippen LogP contribution in [0, 0.1) is 0 Å². The van der Waals surface area contributed by atoms with Crippen molar-refractivity contribution in [2.24, 2.45) is 5.10 Å². The second-order valence-electron chi connectivity index (χ2n) is 6.51. The number of rotatable bonds is 4. The Balaban J connectivity index is 1.45. The molecule has 0 saturated carbocycles. The molecule has 5 aromatic rings. The molecule has 0 aliphatic rings. The largest absolute Gasteiger partial charge is 0.253 e. The van der Waals surface area contributed by atoms with Crippen LogP contribution in [0.5, 0.6) is 0 Å². The van der Waals surface area contributed by atoms with Crippen molar-refractivity contribution in [2.45, 2.75) is 0 Å². The van der Waals surface area contributed by atoms with Crippen LogP contribution in [0.3, 0.4) is 0 Å². The average molecular weight is 379 g/mol. The fourth-order valence-corrected chi connectivity index (χ4v) is 4.09. The summed E-state index contributed by atoms with van der Waals surface area (Å²) < 4.78 is 0. The first-order valence-electron chi connectivity index (χ1n) is 9.09. The predicted molar refractivity (Wildman–Crippen MR) is 120 cm³/mol. The summed E-state index contributed by atoms with van der Waals surface area (Å²) in [5.41, 5.74) is 6.22. The number of nitrogens with zero attached hydrogens (tertiary/aromatic N) is 2. The van der Waals surface area contributed by atoms with Crippen LogP contribution in [0.2, 0.25) is 0 Å². The van der Waals surface area contributed by atoms with Gasteiger partial charge in [0.2, 0.25) is 5.13 Å². The Morgan fingerprint density at radius 2 is 1.57 bits per heavy atom. The average Bonchev–Trinajstić information content (AvgIpc) is 3.23. The maximum atomic E-state index is 4.62. The zero-order valence-corrected chi connectivity index (χ0v) is 15.9. The van der Waals surface area contributed by atoms with Crippen molar-refractivity contribution in [1.82, 2.24) is 4.98 Å². The van der Waals surface area contributed by atoms with Crippen molar-refractivity contribution >= 4 is 44.2 Å². The minimum absolute atomic E-state index is 0.778. The molecule has 0 unspecified atom stereocenters. The minimum atomic E-state index is 0.778. The summed E-state index contributed by atoms with van der Waals surface area (Å²) in [5.74, 6) is 0. The summed E-state index contributed by atoms with van der Waals surface area (Å²) in [7, 11) is 0. The third-order valence-corrected chi connectivity index (χ3v) is 5.49. The number of hydrogen-bond acceptors (Lipinski definition) is 4. The van der Waals surface area contributed by atoms with E-state index < -0.39 is 0 Å². The zero-order chi connectivity index (χ0) is 18.8. The lowest BCUT2D eigenvalue weighted by Crippen LogP contribution is -1.92. The van der Waals surface area contributed by atoms with E-state index in [1.807, 2.05) is 29.8 Å². The van der Waals surface area contributed by atoms with Gasteiger partial charge in [0, 0.05) is 16.5 Å². The lowest BCUT2D eigenvalue weighted by atomic mass is 9.98. The molecule has 0 saturated heterocycles. The summed E-state index contributed by atoms with van der Waals surface area (Å²) >= 11 is 1.55. The Labute approximate surface area is 167 Å². The smallest absolute Gasteiger partial charge is 0.203 e. The third kappa shape index (κ3) is 3.15. The van der Waals surface area contributed by atoms with Gasteiger partial charge in [0.25, 0.3) is 0 Å². The van der Waals surface area contributed by atoms with Gasteiger partial charge in [0.1, 0.15) is 0 Å². The van der Waals surface area contributed by atoms with E-state index in [9.17, 15) is 0 Å². The number of thiazole rings is 1. The fourth-order valence-electron chi connectivity index (χ4n) is 3.42. The molecule has 4 heteroatoms. The molecule has 3 nitrogen and oxygen atoms in total. The standard InChI is InChI=1S/C24H17N3S/c1-2-8-18(9-3-1)22-16-28-24(26-22)27-25-15-20-11-6-10-19-14-13-17-7-4-5-12-21(17)23(19)20/h1-16H,(H,26,27). The molecule has 4 aromatic carbocycles. The molecule has 28 heavy (non-hydrogen) atoms. The summed E-state index contributed by atoms with van der Waals surface area (Å²) in [4.78, 5) is 4.62. The van der Waals surface area contributed by atoms with Gasteiger partial charge in [-0.2, -0.15) is 5.10 Å². The van der Waals surface area contributed by atoms with E-state index in [2.05, 4.69) is 82.2 Å². The first-order valence-corrected chi connectivity index (χ1v) is 9.97. The van der Waals surface area contributed by atoms with Crippen molar-refractivity contribution in [3.63, 3.8) is 0 Å². The van der Waals surface area contributed by atoms with E-state index >= 15 is 0 Å². The molecule has 0 spiro atoms. The quantitative estimate of drug-likeness (QED) is 0.218. The topological polar surface area (TPSA) is 37.3 Å². The van der Waals surface area contributed by atoms with Crippen LogP contribution in [0.4, 0.5) is 5.13 Å². The first-order chi connectivity index (χ1) is 13.9. The third-order valence-electron chi connectivity index (χ3n) is 4.74. The van der Waals surface area contributed by atoms with Gasteiger partial charge in [-0.15, -0.1) is 11.3 Å². The van der Waals surface area contributed by atoms with Gasteiger partial charge in [-0.05, 0) is 21.5 Å². The Hall–Kier alpha value is -3.50. The molecule has 0 amide bonds. The molecular weight excluding hydrogens is 362 g/mol. The van der Waals surface area contributed by atoms with Crippen molar-refractivity contribution in [3.8, 4) is 11.3 Å². The number of aromatic nitrogens is 1. The Bertz CT molecular complexity index is 1290. The number of benzene rings is 4. The van der Waals surface area contributed by atoms with Crippen molar-refractivity contribution < 1.29 is 0 Å². The highest BCUT2D eigenvalue weighted by Crippen LogP contribution is 2.28. The second kappa shape index (κ2) is 7.25. The van der Waals surface area contributed by atoms with E-state index in [1.54, 1.807) is 11.3 Å². The van der Waals surface area contributed by atoms with Crippen LogP contribution in [-0.4, -0.2) is 11.2 Å². The highest BCUT2D eigenvalue weighted by atomic mass is 32.1. The van der Waals surface area contributed by atoms with Crippen LogP contribution in [0.1, 0.15) is 5.56 Å². The minimum Gasteiger partial charge on any atom is -0.253 e. The molecule has 0 aliphatic heterocycles. The van der Waals surface area contributed by atoms with Crippen LogP contribution in [0.25, 0.3) is 32.8 Å². The van der Waals surface area contributed by atoms with Crippen molar-refractivity contribution in [1.29, 1.82) is 0 Å². The van der Waals surface area contributed by atoms with Crippen molar-refractivity contribution in [2.75, 3.05) is 5.43 Å². The van der Waals surface area contributed by atoms with Gasteiger partial charge >= 0.3 is 0 Å². The highest BCUT2D eigenvalue weighted by molar-refractivity contribution is 7.14. The van der Waals surface area contributed by atoms with Crippen LogP contribution in [0.15, 0.2) is 95.4 Å². The Morgan fingerprint density at radius 3 is 2.50 bits per heavy atom. The van der Waals surface area contributed by atoms with Gasteiger partial charge in [0.05, 0.1) is 11.9 Å². The fraction of sp³-hybridized carbons (Fsp3) is 0. The maximum absolute atomic E-state index is 4.62. The van der Waals surface area contributed by atoms with Crippen LogP contribution in [-0.2, 0) is 0 Å². The SMILES string of the molecule is C(=NNc1nc(-c2ccccc2)cs1)c1cccc2ccc3ccccc3c12. The normalized spacial score (nSPS) is 11.4. The molecule has 0 aliphatic carbocycles. The van der Waals surface area contributed by atoms with E-state index in [1.165, 1.54) is 21.5 Å². The molecule has 134 valence electrons. The van der Waals surface area contributed by atoms with Gasteiger partial charge in [-0.25, -0.2) is 4.98 Å². The van der Waals surface area contributed by atoms with Gasteiger partial charge in [-0.1, -0.05) is 84.9 Å². The monoisotopic (exact) mass is 379 g/mol. The summed E-state index contributed by atoms with van der Waals surface area (Å²) in [6, 6.07) is 29.2. The van der Waals surface area contributed by atoms with E-state index in [0.717, 1.165) is 22.0 Å². The molecule has 1 heterocycles. The van der Waals surface area contributed by atoms with E-state index in [4.69, 9.17) is 0 Å². The molecule has 0 fully saturated rings. The maximum Gasteiger partial charge on any atom is 0.203 e. The molecular formula is C24H17N3S. The lowest BCUT2D eigenvalue weighted by molar-refractivity contribution is 1.29. The van der Waals surface area contributed by atoms with E-state index in [-0.39, 0.29) is 0 Å². The van der Waals surface area contributed by atoms with E-state index in [0.29, 0.717) is 0 Å². The van der Waals surface area contributed by atoms with Crippen LogP contribution < -0.4 is 5.43 Å². The van der Waals surface area contributed by atoms with Gasteiger partial charge < -0.3 is 0 Å². The highest BCUT2D eigenvalue weighted by Gasteiger charge is 2.05. The summed E-state index contributed by atoms with van der Waals surface area (Å²) in [5, 5.41) is 12.2. The summed E-state index contributed by atoms with van der Waals surface area (Å²) in [6.45, 7) is 0. The molecule has 1 aromatic heterocycles. The lowest BCUT2D eigenvalue weighted by Gasteiger charge is -2.06. The molecule has 1 N–H and O–H groups in total. The number of anilines is 1. The number of fused-ring (bicyclic) bond motifs is 3. The number of hydrogen-bond donors (Lipinski definition) is 1. The number of hydrazone groups is 1.